The number of methoxy groups -OCH3 is 2. The molecule has 1 amide bonds. The van der Waals surface area contributed by atoms with Crippen molar-refractivity contribution in [3.63, 3.8) is 0 Å². The van der Waals surface area contributed by atoms with Crippen LogP contribution in [0.2, 0.25) is 0 Å². The van der Waals surface area contributed by atoms with E-state index < -0.39 is 0 Å². The van der Waals surface area contributed by atoms with Crippen LogP contribution < -0.4 is 10.6 Å². The molecule has 1 aliphatic carbocycles. The van der Waals surface area contributed by atoms with Crippen molar-refractivity contribution in [3.05, 3.63) is 42.4 Å². The molecule has 0 unspecified atom stereocenters. The highest BCUT2D eigenvalue weighted by Gasteiger charge is 2.33. The lowest BCUT2D eigenvalue weighted by atomic mass is 9.89. The second-order valence-corrected chi connectivity index (χ2v) is 8.11. The summed E-state index contributed by atoms with van der Waals surface area (Å²) in [6.07, 6.45) is 7.27. The summed E-state index contributed by atoms with van der Waals surface area (Å²) in [5, 5.41) is 11.6. The number of nitrogens with zero attached hydrogens (tertiary/aromatic N) is 5. The monoisotopic (exact) mass is 449 g/mol. The predicted molar refractivity (Wildman–Crippen MR) is 124 cm³/mol. The van der Waals surface area contributed by atoms with Crippen molar-refractivity contribution in [1.29, 1.82) is 0 Å². The van der Waals surface area contributed by atoms with Gasteiger partial charge in [0.25, 0.3) is 5.91 Å². The van der Waals surface area contributed by atoms with Gasteiger partial charge in [-0.1, -0.05) is 0 Å². The first-order valence-electron chi connectivity index (χ1n) is 11.0. The van der Waals surface area contributed by atoms with E-state index in [0.717, 1.165) is 41.0 Å². The van der Waals surface area contributed by atoms with Crippen LogP contribution in [0.5, 0.6) is 0 Å². The van der Waals surface area contributed by atoms with Crippen molar-refractivity contribution in [3.8, 4) is 11.3 Å². The standard InChI is InChI=1S/C23H27N7O3/c1-24-20-11-18(16-13-29(9-10-32-2)21-14(16)5-4-8-25-21)27-22-15(12-26-30(20)22)23(31)28-17-6-7-19(17)33-3/h4-5,8,11-13,17,19,24H,6-7,9-10H2,1-3H3,(H,28,31)/t17-,19-/m1/s1. The van der Waals surface area contributed by atoms with Crippen molar-refractivity contribution in [1.82, 2.24) is 29.5 Å². The van der Waals surface area contributed by atoms with Gasteiger partial charge < -0.3 is 24.7 Å². The summed E-state index contributed by atoms with van der Waals surface area (Å²) >= 11 is 0. The van der Waals surface area contributed by atoms with E-state index in [-0.39, 0.29) is 18.1 Å². The zero-order valence-corrected chi connectivity index (χ0v) is 18.9. The van der Waals surface area contributed by atoms with Gasteiger partial charge in [-0.25, -0.2) is 9.97 Å². The molecule has 1 saturated carbocycles. The molecule has 33 heavy (non-hydrogen) atoms. The fourth-order valence-electron chi connectivity index (χ4n) is 4.29. The Morgan fingerprint density at radius 3 is 2.88 bits per heavy atom. The number of anilines is 1. The van der Waals surface area contributed by atoms with Crippen LogP contribution >= 0.6 is 0 Å². The number of carbonyl (C=O) groups is 1. The number of carbonyl (C=O) groups excluding carboxylic acids is 1. The molecule has 4 aromatic heterocycles. The predicted octanol–water partition coefficient (Wildman–Crippen LogP) is 2.34. The van der Waals surface area contributed by atoms with E-state index in [2.05, 4.69) is 25.3 Å². The topological polar surface area (TPSA) is 108 Å². The molecule has 0 spiro atoms. The number of fused-ring (bicyclic) bond motifs is 2. The van der Waals surface area contributed by atoms with E-state index in [1.54, 1.807) is 31.1 Å². The fourth-order valence-corrected chi connectivity index (χ4v) is 4.29. The summed E-state index contributed by atoms with van der Waals surface area (Å²) in [5.74, 6) is 0.529. The first kappa shape index (κ1) is 21.4. The highest BCUT2D eigenvalue weighted by Crippen LogP contribution is 2.31. The number of rotatable bonds is 8. The summed E-state index contributed by atoms with van der Waals surface area (Å²) in [5.41, 5.74) is 3.44. The maximum absolute atomic E-state index is 13.1. The van der Waals surface area contributed by atoms with Crippen molar-refractivity contribution < 1.29 is 14.3 Å². The van der Waals surface area contributed by atoms with E-state index in [0.29, 0.717) is 24.4 Å². The summed E-state index contributed by atoms with van der Waals surface area (Å²) in [4.78, 5) is 22.5. The molecule has 2 atom stereocenters. The fraction of sp³-hybridized carbons (Fsp3) is 0.391. The Kier molecular flexibility index (Phi) is 5.69. The Bertz CT molecular complexity index is 1310. The van der Waals surface area contributed by atoms with Crippen LogP contribution in [0.15, 0.2) is 36.8 Å². The molecule has 0 bridgehead atoms. The van der Waals surface area contributed by atoms with Crippen LogP contribution in [0, 0.1) is 0 Å². The van der Waals surface area contributed by atoms with Crippen LogP contribution in [0.3, 0.4) is 0 Å². The van der Waals surface area contributed by atoms with Gasteiger partial charge in [-0.15, -0.1) is 0 Å². The van der Waals surface area contributed by atoms with Gasteiger partial charge in [0, 0.05) is 57.2 Å². The second-order valence-electron chi connectivity index (χ2n) is 8.11. The van der Waals surface area contributed by atoms with Crippen LogP contribution in [-0.2, 0) is 16.0 Å². The number of nitrogens with one attached hydrogen (secondary N) is 2. The van der Waals surface area contributed by atoms with Crippen LogP contribution in [0.1, 0.15) is 23.2 Å². The van der Waals surface area contributed by atoms with Gasteiger partial charge in [0.1, 0.15) is 17.0 Å². The number of hydrogen-bond acceptors (Lipinski definition) is 7. The van der Waals surface area contributed by atoms with Gasteiger partial charge in [-0.2, -0.15) is 9.61 Å². The van der Waals surface area contributed by atoms with Gasteiger partial charge >= 0.3 is 0 Å². The third-order valence-corrected chi connectivity index (χ3v) is 6.25. The van der Waals surface area contributed by atoms with E-state index >= 15 is 0 Å². The van der Waals surface area contributed by atoms with Crippen molar-refractivity contribution in [2.45, 2.75) is 31.5 Å². The number of hydrogen-bond donors (Lipinski definition) is 2. The number of ether oxygens (including phenoxy) is 2. The van der Waals surface area contributed by atoms with Crippen molar-refractivity contribution >= 4 is 28.4 Å². The first-order chi connectivity index (χ1) is 16.1. The lowest BCUT2D eigenvalue weighted by Crippen LogP contribution is -2.51. The minimum atomic E-state index is -0.201. The number of aromatic nitrogens is 5. The molecule has 10 heteroatoms. The maximum atomic E-state index is 13.1. The molecule has 4 aromatic rings. The molecule has 0 aliphatic heterocycles. The maximum Gasteiger partial charge on any atom is 0.257 e. The molecule has 0 saturated heterocycles. The number of pyridine rings is 1. The SMILES string of the molecule is CNc1cc(-c2cn(CCOC)c3ncccc23)nc2c(C(=O)N[C@@H]3CC[C@H]3OC)cnn12. The average molecular weight is 450 g/mol. The summed E-state index contributed by atoms with van der Waals surface area (Å²) in [6.45, 7) is 1.25. The summed E-state index contributed by atoms with van der Waals surface area (Å²) < 4.78 is 14.4. The molecular weight excluding hydrogens is 422 g/mol. The quantitative estimate of drug-likeness (QED) is 0.425. The largest absolute Gasteiger partial charge is 0.383 e. The molecule has 5 rings (SSSR count). The highest BCUT2D eigenvalue weighted by molar-refractivity contribution is 6.01. The van der Waals surface area contributed by atoms with Crippen LogP contribution in [0.4, 0.5) is 5.82 Å². The molecule has 4 heterocycles. The third-order valence-electron chi connectivity index (χ3n) is 6.25. The molecule has 0 radical (unpaired) electrons. The Morgan fingerprint density at radius 2 is 2.15 bits per heavy atom. The smallest absolute Gasteiger partial charge is 0.257 e. The molecule has 1 fully saturated rings. The van der Waals surface area contributed by atoms with Gasteiger partial charge in [-0.3, -0.25) is 4.79 Å². The van der Waals surface area contributed by atoms with Gasteiger partial charge in [0.15, 0.2) is 5.65 Å². The minimum Gasteiger partial charge on any atom is -0.383 e. The van der Waals surface area contributed by atoms with Crippen LogP contribution in [0.25, 0.3) is 27.9 Å². The normalized spacial score (nSPS) is 17.9. The van der Waals surface area contributed by atoms with E-state index in [1.807, 2.05) is 31.4 Å². The summed E-state index contributed by atoms with van der Waals surface area (Å²) in [6, 6.07) is 5.87. The zero-order chi connectivity index (χ0) is 22.9. The Morgan fingerprint density at radius 1 is 1.27 bits per heavy atom. The Balaban J connectivity index is 1.59. The lowest BCUT2D eigenvalue weighted by molar-refractivity contribution is 0.00732. The lowest BCUT2D eigenvalue weighted by Gasteiger charge is -2.35. The molecule has 1 aliphatic rings. The molecular formula is C23H27N7O3. The van der Waals surface area contributed by atoms with Gasteiger partial charge in [-0.05, 0) is 25.0 Å². The molecule has 172 valence electrons. The van der Waals surface area contributed by atoms with Gasteiger partial charge in [0.05, 0.1) is 30.6 Å². The van der Waals surface area contributed by atoms with E-state index in [4.69, 9.17) is 14.5 Å². The average Bonchev–Trinajstić information content (AvgIpc) is 3.42. The van der Waals surface area contributed by atoms with Crippen molar-refractivity contribution in [2.75, 3.05) is 33.2 Å². The highest BCUT2D eigenvalue weighted by atomic mass is 16.5. The Labute approximate surface area is 190 Å². The Hall–Kier alpha value is -3.50. The second kappa shape index (κ2) is 8.80. The number of amides is 1. The van der Waals surface area contributed by atoms with E-state index in [9.17, 15) is 4.79 Å². The zero-order valence-electron chi connectivity index (χ0n) is 18.9. The first-order valence-corrected chi connectivity index (χ1v) is 11.0. The summed E-state index contributed by atoms with van der Waals surface area (Å²) in [7, 11) is 5.17. The molecule has 0 aromatic carbocycles. The third kappa shape index (κ3) is 3.70. The molecule has 2 N–H and O–H groups in total. The van der Waals surface area contributed by atoms with Crippen LogP contribution in [-0.4, -0.2) is 70.1 Å². The molecule has 10 nitrogen and oxygen atoms in total. The van der Waals surface area contributed by atoms with E-state index in [1.165, 1.54) is 0 Å². The van der Waals surface area contributed by atoms with Crippen molar-refractivity contribution in [2.24, 2.45) is 0 Å². The minimum absolute atomic E-state index is 0.00855. The van der Waals surface area contributed by atoms with Gasteiger partial charge in [0.2, 0.25) is 0 Å².